The first-order valence-corrected chi connectivity index (χ1v) is 17.1. The molecule has 1 aromatic heterocycles. The molecule has 0 radical (unpaired) electrons. The zero-order chi connectivity index (χ0) is 35.1. The van der Waals surface area contributed by atoms with E-state index in [2.05, 4.69) is 20.9 Å². The van der Waals surface area contributed by atoms with Crippen molar-refractivity contribution in [3.63, 3.8) is 0 Å². The Bertz CT molecular complexity index is 2070. The van der Waals surface area contributed by atoms with Crippen molar-refractivity contribution < 1.29 is 38.0 Å². The van der Waals surface area contributed by atoms with E-state index in [9.17, 15) is 14.4 Å². The van der Waals surface area contributed by atoms with Gasteiger partial charge in [-0.15, -0.1) is 0 Å². The highest BCUT2D eigenvalue weighted by molar-refractivity contribution is 9.10. The van der Waals surface area contributed by atoms with Crippen molar-refractivity contribution in [2.24, 2.45) is 4.99 Å². The third-order valence-electron chi connectivity index (χ3n) is 7.41. The monoisotopic (exact) mass is 750 g/mol. The number of thiazole rings is 1. The maximum absolute atomic E-state index is 14.2. The van der Waals surface area contributed by atoms with E-state index in [0.717, 1.165) is 5.56 Å². The zero-order valence-electron chi connectivity index (χ0n) is 27.6. The molecular weight excluding hydrogens is 716 g/mol. The lowest BCUT2D eigenvalue weighted by atomic mass is 9.97. The van der Waals surface area contributed by atoms with E-state index in [1.54, 1.807) is 61.5 Å². The van der Waals surface area contributed by atoms with Crippen molar-refractivity contribution in [2.75, 3.05) is 34.0 Å². The quantitative estimate of drug-likeness (QED) is 0.167. The average molecular weight is 752 g/mol. The van der Waals surface area contributed by atoms with Gasteiger partial charge in [0.05, 0.1) is 55.8 Å². The molecule has 49 heavy (non-hydrogen) atoms. The Morgan fingerprint density at radius 2 is 1.63 bits per heavy atom. The molecule has 11 nitrogen and oxygen atoms in total. The van der Waals surface area contributed by atoms with Crippen molar-refractivity contribution in [3.8, 4) is 23.0 Å². The number of hydrogen-bond donors (Lipinski definition) is 0. The number of benzene rings is 3. The van der Waals surface area contributed by atoms with Crippen LogP contribution in [-0.2, 0) is 20.9 Å². The molecule has 3 aromatic carbocycles. The minimum atomic E-state index is -0.842. The van der Waals surface area contributed by atoms with Gasteiger partial charge in [-0.25, -0.2) is 14.6 Å². The van der Waals surface area contributed by atoms with Crippen LogP contribution in [0.15, 0.2) is 80.6 Å². The molecule has 0 amide bonds. The van der Waals surface area contributed by atoms with Gasteiger partial charge in [0.1, 0.15) is 6.61 Å². The molecule has 1 atom stereocenters. The molecule has 0 aliphatic carbocycles. The van der Waals surface area contributed by atoms with E-state index >= 15 is 0 Å². The van der Waals surface area contributed by atoms with E-state index < -0.39 is 18.0 Å². The third kappa shape index (κ3) is 7.73. The second kappa shape index (κ2) is 16.0. The number of nitrogens with zero attached hydrogens (tertiary/aromatic N) is 2. The van der Waals surface area contributed by atoms with Gasteiger partial charge in [-0.3, -0.25) is 9.36 Å². The zero-order valence-corrected chi connectivity index (χ0v) is 30.0. The summed E-state index contributed by atoms with van der Waals surface area (Å²) in [6.45, 7) is 6.78. The van der Waals surface area contributed by atoms with E-state index in [1.165, 1.54) is 36.3 Å². The van der Waals surface area contributed by atoms with E-state index in [4.69, 9.17) is 28.4 Å². The van der Waals surface area contributed by atoms with Crippen molar-refractivity contribution in [3.05, 3.63) is 113 Å². The van der Waals surface area contributed by atoms with Crippen LogP contribution in [0.1, 0.15) is 53.9 Å². The standard InChI is InChI=1S/C36H35BrN2O9S/c1-6-45-27-14-13-23(16-28(27)46-7-2)31-26(35(42)44-5)19-38-36-39(31)33(40)30(49-36)17-24-15-25(37)18-29(43-4)32(24)48-20-21-9-11-22(12-10-21)34(41)47-8-3/h9-19,31H,6-8,20H2,1-5H3/b30-17+/t31-/m0/s1. The number of rotatable bonds is 13. The maximum atomic E-state index is 14.2. The fraction of sp³-hybridized carbons (Fsp3) is 0.278. The lowest BCUT2D eigenvalue weighted by Crippen LogP contribution is -2.39. The van der Waals surface area contributed by atoms with Crippen LogP contribution in [0, 0.1) is 0 Å². The Balaban J connectivity index is 1.58. The Labute approximate surface area is 295 Å². The van der Waals surface area contributed by atoms with Crippen molar-refractivity contribution in [1.82, 2.24) is 4.57 Å². The van der Waals surface area contributed by atoms with Gasteiger partial charge >= 0.3 is 11.9 Å². The number of halogens is 1. The first-order valence-electron chi connectivity index (χ1n) is 15.5. The molecule has 256 valence electrons. The molecule has 2 heterocycles. The molecule has 4 aromatic rings. The summed E-state index contributed by atoms with van der Waals surface area (Å²) in [5.74, 6) is 0.883. The molecule has 5 rings (SSSR count). The summed E-state index contributed by atoms with van der Waals surface area (Å²) in [7, 11) is 2.81. The Kier molecular flexibility index (Phi) is 11.6. The summed E-state index contributed by atoms with van der Waals surface area (Å²) in [6, 6.07) is 15.0. The SMILES string of the molecule is CCOC(=O)c1ccc(COc2c(/C=c3/sc4n(c3=O)[C@@H](c3ccc(OCC)c(OCC)c3)C(C(=O)OC)=CN=4)cc(Br)cc2OC)cc1. The lowest BCUT2D eigenvalue weighted by Gasteiger charge is -2.23. The van der Waals surface area contributed by atoms with Crippen molar-refractivity contribution in [2.45, 2.75) is 33.4 Å². The molecule has 13 heteroatoms. The van der Waals surface area contributed by atoms with E-state index in [0.29, 0.717) is 66.7 Å². The second-order valence-electron chi connectivity index (χ2n) is 10.5. The fourth-order valence-corrected chi connectivity index (χ4v) is 6.65. The van der Waals surface area contributed by atoms with Crippen molar-refractivity contribution >= 4 is 45.3 Å². The largest absolute Gasteiger partial charge is 0.493 e. The van der Waals surface area contributed by atoms with Crippen LogP contribution in [0.4, 0.5) is 0 Å². The normalized spacial score (nSPS) is 13.9. The molecular formula is C36H35BrN2O9S. The van der Waals surface area contributed by atoms with Gasteiger partial charge in [0.15, 0.2) is 27.8 Å². The summed E-state index contributed by atoms with van der Waals surface area (Å²) >= 11 is 4.71. The van der Waals surface area contributed by atoms with Crippen LogP contribution in [0.25, 0.3) is 6.08 Å². The molecule has 0 unspecified atom stereocenters. The number of aromatic nitrogens is 1. The predicted octanol–water partition coefficient (Wildman–Crippen LogP) is 5.34. The molecule has 0 N–H and O–H groups in total. The van der Waals surface area contributed by atoms with Crippen LogP contribution >= 0.6 is 27.3 Å². The lowest BCUT2D eigenvalue weighted by molar-refractivity contribution is -0.136. The molecule has 1 aliphatic rings. The Morgan fingerprint density at radius 3 is 2.31 bits per heavy atom. The molecule has 0 spiro atoms. The van der Waals surface area contributed by atoms with E-state index in [-0.39, 0.29) is 24.3 Å². The smallest absolute Gasteiger partial charge is 0.338 e. The summed E-state index contributed by atoms with van der Waals surface area (Å²) in [5.41, 5.74) is 2.26. The third-order valence-corrected chi connectivity index (χ3v) is 8.87. The highest BCUT2D eigenvalue weighted by Crippen LogP contribution is 2.37. The number of hydrogen-bond acceptors (Lipinski definition) is 11. The highest BCUT2D eigenvalue weighted by Gasteiger charge is 2.31. The van der Waals surface area contributed by atoms with Crippen molar-refractivity contribution in [1.29, 1.82) is 0 Å². The van der Waals surface area contributed by atoms with Gasteiger partial charge in [-0.2, -0.15) is 0 Å². The minimum Gasteiger partial charge on any atom is -0.493 e. The second-order valence-corrected chi connectivity index (χ2v) is 12.4. The maximum Gasteiger partial charge on any atom is 0.338 e. The number of ether oxygens (including phenoxy) is 6. The minimum absolute atomic E-state index is 0.158. The van der Waals surface area contributed by atoms with Crippen LogP contribution < -0.4 is 33.8 Å². The number of carbonyl (C=O) groups excluding carboxylic acids is 2. The fourth-order valence-electron chi connectivity index (χ4n) is 5.24. The molecule has 0 bridgehead atoms. The van der Waals surface area contributed by atoms with Gasteiger partial charge in [-0.1, -0.05) is 45.5 Å². The average Bonchev–Trinajstić information content (AvgIpc) is 3.42. The number of fused-ring (bicyclic) bond motifs is 1. The Morgan fingerprint density at radius 1 is 0.898 bits per heavy atom. The summed E-state index contributed by atoms with van der Waals surface area (Å²) < 4.78 is 36.2. The topological polar surface area (TPSA) is 124 Å². The molecule has 0 fully saturated rings. The van der Waals surface area contributed by atoms with Gasteiger partial charge in [0, 0.05) is 16.2 Å². The summed E-state index contributed by atoms with van der Waals surface area (Å²) in [5, 5.41) is 0. The van der Waals surface area contributed by atoms with E-state index in [1.807, 2.05) is 19.9 Å². The number of carbonyl (C=O) groups is 2. The van der Waals surface area contributed by atoms with Gasteiger partial charge in [-0.05, 0) is 74.4 Å². The van der Waals surface area contributed by atoms with Gasteiger partial charge in [0.25, 0.3) is 5.56 Å². The van der Waals surface area contributed by atoms with Crippen LogP contribution in [0.2, 0.25) is 0 Å². The van der Waals surface area contributed by atoms with Crippen LogP contribution in [0.3, 0.4) is 0 Å². The highest BCUT2D eigenvalue weighted by atomic mass is 79.9. The molecule has 0 saturated carbocycles. The Hall–Kier alpha value is -4.88. The molecule has 0 saturated heterocycles. The predicted molar refractivity (Wildman–Crippen MR) is 187 cm³/mol. The first-order chi connectivity index (χ1) is 23.7. The first kappa shape index (κ1) is 35.4. The van der Waals surface area contributed by atoms with Gasteiger partial charge in [0.2, 0.25) is 0 Å². The summed E-state index contributed by atoms with van der Waals surface area (Å²) in [4.78, 5) is 44.2. The van der Waals surface area contributed by atoms with Crippen LogP contribution in [0.5, 0.6) is 23.0 Å². The summed E-state index contributed by atoms with van der Waals surface area (Å²) in [6.07, 6.45) is 3.14. The molecule has 1 aliphatic heterocycles. The van der Waals surface area contributed by atoms with Crippen LogP contribution in [-0.4, -0.2) is 50.5 Å². The number of esters is 2. The van der Waals surface area contributed by atoms with Gasteiger partial charge < -0.3 is 28.4 Å². The number of methoxy groups -OCH3 is 2.